The summed E-state index contributed by atoms with van der Waals surface area (Å²) in [7, 11) is 0. The zero-order valence-corrected chi connectivity index (χ0v) is 7.84. The highest BCUT2D eigenvalue weighted by Crippen LogP contribution is 2.25. The van der Waals surface area contributed by atoms with E-state index in [9.17, 15) is 4.39 Å². The van der Waals surface area contributed by atoms with Gasteiger partial charge in [-0.3, -0.25) is 4.99 Å². The predicted molar refractivity (Wildman–Crippen MR) is 51.8 cm³/mol. The quantitative estimate of drug-likeness (QED) is 0.577. The molecule has 0 amide bonds. The Morgan fingerprint density at radius 2 is 2.15 bits per heavy atom. The molecule has 0 saturated carbocycles. The Bertz CT molecular complexity index is 366. The van der Waals surface area contributed by atoms with Crippen LogP contribution in [0.5, 0.6) is 0 Å². The number of fused-ring (bicyclic) bond motifs is 1. The second-order valence-electron chi connectivity index (χ2n) is 4.06. The molecule has 0 saturated heterocycles. The van der Waals surface area contributed by atoms with Gasteiger partial charge in [0.1, 0.15) is 5.82 Å². The number of hydrogen-bond acceptors (Lipinski definition) is 1. The third-order valence-electron chi connectivity index (χ3n) is 2.32. The summed E-state index contributed by atoms with van der Waals surface area (Å²) in [4.78, 5) is 4.35. The molecule has 0 aliphatic carbocycles. The fourth-order valence-electron chi connectivity index (χ4n) is 1.61. The highest BCUT2D eigenvalue weighted by molar-refractivity contribution is 5.83. The minimum Gasteiger partial charge on any atom is -0.286 e. The molecule has 68 valence electrons. The van der Waals surface area contributed by atoms with E-state index in [0.717, 1.165) is 11.1 Å². The maximum absolute atomic E-state index is 13.4. The second-order valence-corrected chi connectivity index (χ2v) is 4.06. The molecular weight excluding hydrogens is 165 g/mol. The smallest absolute Gasteiger partial charge is 0.127 e. The number of nitrogens with zero attached hydrogens (tertiary/aromatic N) is 1. The Balaban J connectivity index is 2.54. The lowest BCUT2D eigenvalue weighted by atomic mass is 9.90. The average Bonchev–Trinajstić information content (AvgIpc) is 2.06. The van der Waals surface area contributed by atoms with Crippen LogP contribution in [0.25, 0.3) is 0 Å². The van der Waals surface area contributed by atoms with Crippen molar-refractivity contribution in [1.29, 1.82) is 0 Å². The summed E-state index contributed by atoms with van der Waals surface area (Å²) in [6.07, 6.45) is 2.45. The molecule has 1 aliphatic heterocycles. The summed E-state index contributed by atoms with van der Waals surface area (Å²) in [6, 6.07) is 5.13. The van der Waals surface area contributed by atoms with Gasteiger partial charge in [-0.15, -0.1) is 0 Å². The monoisotopic (exact) mass is 177 g/mol. The molecule has 0 atom stereocenters. The minimum atomic E-state index is -0.158. The minimum absolute atomic E-state index is 0.114. The first-order valence-electron chi connectivity index (χ1n) is 4.41. The van der Waals surface area contributed by atoms with Gasteiger partial charge in [-0.25, -0.2) is 4.39 Å². The van der Waals surface area contributed by atoms with Crippen LogP contribution in [0, 0.1) is 5.82 Å². The molecule has 0 unspecified atom stereocenters. The first-order valence-corrected chi connectivity index (χ1v) is 4.41. The maximum Gasteiger partial charge on any atom is 0.127 e. The van der Waals surface area contributed by atoms with Crippen molar-refractivity contribution >= 4 is 6.21 Å². The van der Waals surface area contributed by atoms with Crippen LogP contribution in [0.15, 0.2) is 23.2 Å². The Morgan fingerprint density at radius 3 is 2.92 bits per heavy atom. The summed E-state index contributed by atoms with van der Waals surface area (Å²) in [5.41, 5.74) is 1.55. The molecule has 1 aromatic carbocycles. The van der Waals surface area contributed by atoms with Crippen LogP contribution in [0.4, 0.5) is 4.39 Å². The molecule has 13 heavy (non-hydrogen) atoms. The molecule has 2 rings (SSSR count). The highest BCUT2D eigenvalue weighted by atomic mass is 19.1. The standard InChI is InChI=1S/C11H12FN/c1-11(2)6-9-8(7-13-11)4-3-5-10(9)12/h3-5,7H,6H2,1-2H3. The van der Waals surface area contributed by atoms with Crippen LogP contribution in [0.3, 0.4) is 0 Å². The highest BCUT2D eigenvalue weighted by Gasteiger charge is 2.23. The van der Waals surface area contributed by atoms with Crippen LogP contribution in [0.2, 0.25) is 0 Å². The summed E-state index contributed by atoms with van der Waals surface area (Å²) >= 11 is 0. The van der Waals surface area contributed by atoms with Crippen LogP contribution in [-0.2, 0) is 6.42 Å². The van der Waals surface area contributed by atoms with E-state index in [2.05, 4.69) is 4.99 Å². The number of rotatable bonds is 0. The molecule has 0 N–H and O–H groups in total. The van der Waals surface area contributed by atoms with Crippen LogP contribution >= 0.6 is 0 Å². The molecule has 0 bridgehead atoms. The van der Waals surface area contributed by atoms with E-state index < -0.39 is 0 Å². The lowest BCUT2D eigenvalue weighted by Crippen LogP contribution is -2.25. The molecule has 0 spiro atoms. The number of aliphatic imine (C=N–C) groups is 1. The molecule has 1 heterocycles. The first-order chi connectivity index (χ1) is 6.08. The van der Waals surface area contributed by atoms with Crippen molar-refractivity contribution in [3.05, 3.63) is 35.1 Å². The summed E-state index contributed by atoms with van der Waals surface area (Å²) in [5.74, 6) is -0.114. The lowest BCUT2D eigenvalue weighted by molar-refractivity contribution is 0.495. The molecular formula is C11H12FN. The molecule has 1 nitrogen and oxygen atoms in total. The van der Waals surface area contributed by atoms with E-state index in [1.807, 2.05) is 19.9 Å². The van der Waals surface area contributed by atoms with Crippen molar-refractivity contribution in [2.24, 2.45) is 4.99 Å². The normalized spacial score (nSPS) is 18.4. The van der Waals surface area contributed by atoms with Crippen molar-refractivity contribution < 1.29 is 4.39 Å². The number of benzene rings is 1. The molecule has 1 aliphatic rings. The van der Waals surface area contributed by atoms with Gasteiger partial charge >= 0.3 is 0 Å². The van der Waals surface area contributed by atoms with E-state index in [4.69, 9.17) is 0 Å². The van der Waals surface area contributed by atoms with E-state index in [-0.39, 0.29) is 11.4 Å². The molecule has 1 aromatic rings. The number of hydrogen-bond donors (Lipinski definition) is 0. The van der Waals surface area contributed by atoms with Gasteiger partial charge in [-0.1, -0.05) is 12.1 Å². The SMILES string of the molecule is CC1(C)Cc2c(F)cccc2C=N1. The zero-order chi connectivity index (χ0) is 9.47. The van der Waals surface area contributed by atoms with Crippen molar-refractivity contribution in [2.75, 3.05) is 0 Å². The summed E-state index contributed by atoms with van der Waals surface area (Å²) in [5, 5.41) is 0. The Labute approximate surface area is 77.3 Å². The van der Waals surface area contributed by atoms with E-state index in [1.54, 1.807) is 12.3 Å². The van der Waals surface area contributed by atoms with E-state index >= 15 is 0 Å². The number of halogens is 1. The fourth-order valence-corrected chi connectivity index (χ4v) is 1.61. The van der Waals surface area contributed by atoms with Crippen LogP contribution in [-0.4, -0.2) is 11.8 Å². The van der Waals surface area contributed by atoms with Gasteiger partial charge < -0.3 is 0 Å². The third-order valence-corrected chi connectivity index (χ3v) is 2.32. The second kappa shape index (κ2) is 2.66. The van der Waals surface area contributed by atoms with Gasteiger partial charge in [-0.05, 0) is 31.0 Å². The van der Waals surface area contributed by atoms with Crippen molar-refractivity contribution in [1.82, 2.24) is 0 Å². The first kappa shape index (κ1) is 8.42. The maximum atomic E-state index is 13.4. The Morgan fingerprint density at radius 1 is 1.38 bits per heavy atom. The van der Waals surface area contributed by atoms with E-state index in [0.29, 0.717) is 6.42 Å². The van der Waals surface area contributed by atoms with Gasteiger partial charge in [0.2, 0.25) is 0 Å². The van der Waals surface area contributed by atoms with Crippen molar-refractivity contribution in [3.63, 3.8) is 0 Å². The van der Waals surface area contributed by atoms with Gasteiger partial charge in [0, 0.05) is 12.6 Å². The fraction of sp³-hybridized carbons (Fsp3) is 0.364. The molecule has 0 aromatic heterocycles. The largest absolute Gasteiger partial charge is 0.286 e. The van der Waals surface area contributed by atoms with Crippen LogP contribution < -0.4 is 0 Å². The zero-order valence-electron chi connectivity index (χ0n) is 7.84. The van der Waals surface area contributed by atoms with Gasteiger partial charge in [0.25, 0.3) is 0 Å². The topological polar surface area (TPSA) is 12.4 Å². The van der Waals surface area contributed by atoms with Crippen LogP contribution in [0.1, 0.15) is 25.0 Å². The summed E-state index contributed by atoms with van der Waals surface area (Å²) in [6.45, 7) is 4.03. The Kier molecular flexibility index (Phi) is 1.72. The average molecular weight is 177 g/mol. The molecule has 0 radical (unpaired) electrons. The third kappa shape index (κ3) is 1.48. The van der Waals surface area contributed by atoms with Gasteiger partial charge in [-0.2, -0.15) is 0 Å². The molecule has 0 fully saturated rings. The Hall–Kier alpha value is -1.18. The predicted octanol–water partition coefficient (Wildman–Crippen LogP) is 2.58. The van der Waals surface area contributed by atoms with Gasteiger partial charge in [0.05, 0.1) is 5.54 Å². The van der Waals surface area contributed by atoms with Crippen molar-refractivity contribution in [2.45, 2.75) is 25.8 Å². The summed E-state index contributed by atoms with van der Waals surface area (Å²) < 4.78 is 13.4. The van der Waals surface area contributed by atoms with Gasteiger partial charge in [0.15, 0.2) is 0 Å². The molecule has 2 heteroatoms. The van der Waals surface area contributed by atoms with E-state index in [1.165, 1.54) is 6.07 Å². The van der Waals surface area contributed by atoms with Crippen molar-refractivity contribution in [3.8, 4) is 0 Å². The lowest BCUT2D eigenvalue weighted by Gasteiger charge is -2.25.